The molecule has 0 saturated heterocycles. The molecule has 19 heavy (non-hydrogen) atoms. The van der Waals surface area contributed by atoms with Crippen LogP contribution in [-0.2, 0) is 10.0 Å². The van der Waals surface area contributed by atoms with Crippen LogP contribution in [0.5, 0.6) is 0 Å². The van der Waals surface area contributed by atoms with Crippen molar-refractivity contribution < 1.29 is 12.9 Å². The first kappa shape index (κ1) is 13.0. The molecule has 0 fully saturated rings. The van der Waals surface area contributed by atoms with Gasteiger partial charge in [0.1, 0.15) is 17.6 Å². The maximum atomic E-state index is 12.1. The van der Waals surface area contributed by atoms with Crippen molar-refractivity contribution in [2.24, 2.45) is 0 Å². The van der Waals surface area contributed by atoms with Crippen molar-refractivity contribution in [1.82, 2.24) is 10.1 Å². The van der Waals surface area contributed by atoms with Gasteiger partial charge < -0.3 is 4.52 Å². The molecule has 0 aliphatic rings. The van der Waals surface area contributed by atoms with E-state index in [1.807, 2.05) is 6.07 Å². The number of aromatic nitrogens is 2. The molecule has 8 heteroatoms. The topological polar surface area (TPSA) is 109 Å². The van der Waals surface area contributed by atoms with Crippen LogP contribution >= 0.6 is 0 Å². The van der Waals surface area contributed by atoms with Crippen LogP contribution < -0.4 is 4.72 Å². The zero-order valence-corrected chi connectivity index (χ0v) is 11.0. The Bertz CT molecular complexity index is 722. The van der Waals surface area contributed by atoms with E-state index in [0.29, 0.717) is 5.56 Å². The highest BCUT2D eigenvalue weighted by molar-refractivity contribution is 7.92. The van der Waals surface area contributed by atoms with Crippen molar-refractivity contribution in [3.05, 3.63) is 35.3 Å². The van der Waals surface area contributed by atoms with E-state index in [0.717, 1.165) is 0 Å². The Labute approximate surface area is 109 Å². The van der Waals surface area contributed by atoms with Crippen LogP contribution in [-0.4, -0.2) is 18.6 Å². The zero-order chi connectivity index (χ0) is 14.0. The van der Waals surface area contributed by atoms with Gasteiger partial charge in [-0.1, -0.05) is 5.16 Å². The third-order valence-electron chi connectivity index (χ3n) is 2.37. The number of nitrogens with zero attached hydrogens (tertiary/aromatic N) is 3. The zero-order valence-electron chi connectivity index (χ0n) is 10.2. The summed E-state index contributed by atoms with van der Waals surface area (Å²) >= 11 is 0. The molecule has 2 heterocycles. The molecule has 2 aromatic heterocycles. The summed E-state index contributed by atoms with van der Waals surface area (Å²) in [5.74, 6) is 0.331. The Morgan fingerprint density at radius 3 is 2.58 bits per heavy atom. The minimum absolute atomic E-state index is 0.00124. The molecule has 2 aromatic rings. The Kier molecular flexibility index (Phi) is 3.23. The van der Waals surface area contributed by atoms with E-state index >= 15 is 0 Å². The van der Waals surface area contributed by atoms with Gasteiger partial charge >= 0.3 is 0 Å². The standard InChI is InChI=1S/C11H10N4O3S/c1-7-11(8(2)18-14-7)19(16,17)15-10-4-3-9(5-12)6-13-10/h3-4,6H,1-2H3,(H,13,15). The largest absolute Gasteiger partial charge is 0.360 e. The molecule has 0 radical (unpaired) electrons. The Balaban J connectivity index is 2.34. The van der Waals surface area contributed by atoms with E-state index in [1.54, 1.807) is 0 Å². The molecule has 0 aliphatic heterocycles. The van der Waals surface area contributed by atoms with Crippen molar-refractivity contribution in [2.75, 3.05) is 4.72 Å². The maximum Gasteiger partial charge on any atom is 0.268 e. The molecule has 0 amide bonds. The normalized spacial score (nSPS) is 11.0. The molecule has 1 N–H and O–H groups in total. The van der Waals surface area contributed by atoms with Gasteiger partial charge in [0.15, 0.2) is 10.7 Å². The highest BCUT2D eigenvalue weighted by atomic mass is 32.2. The molecule has 0 saturated carbocycles. The Morgan fingerprint density at radius 1 is 1.37 bits per heavy atom. The second-order valence-corrected chi connectivity index (χ2v) is 5.42. The molecule has 0 spiro atoms. The number of hydrogen-bond acceptors (Lipinski definition) is 6. The summed E-state index contributed by atoms with van der Waals surface area (Å²) < 4.78 is 31.4. The summed E-state index contributed by atoms with van der Waals surface area (Å²) in [5.41, 5.74) is 0.624. The van der Waals surface area contributed by atoms with Crippen molar-refractivity contribution in [2.45, 2.75) is 18.7 Å². The Morgan fingerprint density at radius 2 is 2.11 bits per heavy atom. The maximum absolute atomic E-state index is 12.1. The fraction of sp³-hybridized carbons (Fsp3) is 0.182. The highest BCUT2D eigenvalue weighted by Gasteiger charge is 2.24. The van der Waals surface area contributed by atoms with Crippen molar-refractivity contribution >= 4 is 15.8 Å². The average Bonchev–Trinajstić information content (AvgIpc) is 2.70. The van der Waals surface area contributed by atoms with Gasteiger partial charge in [0, 0.05) is 6.20 Å². The molecule has 98 valence electrons. The van der Waals surface area contributed by atoms with Crippen LogP contribution in [0.1, 0.15) is 17.0 Å². The summed E-state index contributed by atoms with van der Waals surface area (Å²) in [6.45, 7) is 3.05. The summed E-state index contributed by atoms with van der Waals surface area (Å²) in [6.07, 6.45) is 1.28. The number of anilines is 1. The number of aryl methyl sites for hydroxylation is 2. The van der Waals surface area contributed by atoms with Crippen LogP contribution in [0.25, 0.3) is 0 Å². The van der Waals surface area contributed by atoms with Gasteiger partial charge in [0.05, 0.1) is 5.56 Å². The van der Waals surface area contributed by atoms with Gasteiger partial charge in [-0.05, 0) is 26.0 Å². The molecule has 7 nitrogen and oxygen atoms in total. The minimum Gasteiger partial charge on any atom is -0.360 e. The first-order valence-electron chi connectivity index (χ1n) is 5.26. The number of pyridine rings is 1. The van der Waals surface area contributed by atoms with Crippen LogP contribution in [0.15, 0.2) is 27.7 Å². The van der Waals surface area contributed by atoms with E-state index in [9.17, 15) is 8.42 Å². The van der Waals surface area contributed by atoms with Crippen molar-refractivity contribution in [3.63, 3.8) is 0 Å². The molecule has 0 unspecified atom stereocenters. The number of nitriles is 1. The lowest BCUT2D eigenvalue weighted by atomic mass is 10.3. The number of sulfonamides is 1. The number of nitrogens with one attached hydrogen (secondary N) is 1. The van der Waals surface area contributed by atoms with Crippen LogP contribution in [0.4, 0.5) is 5.82 Å². The lowest BCUT2D eigenvalue weighted by Crippen LogP contribution is -2.15. The van der Waals surface area contributed by atoms with Gasteiger partial charge in [-0.25, -0.2) is 13.4 Å². The quantitative estimate of drug-likeness (QED) is 0.907. The van der Waals surface area contributed by atoms with Crippen LogP contribution in [0, 0.1) is 25.2 Å². The van der Waals surface area contributed by atoms with E-state index in [4.69, 9.17) is 9.78 Å². The molecular formula is C11H10N4O3S. The second-order valence-electron chi connectivity index (χ2n) is 3.80. The smallest absolute Gasteiger partial charge is 0.268 e. The van der Waals surface area contributed by atoms with Gasteiger partial charge in [-0.3, -0.25) is 4.72 Å². The SMILES string of the molecule is Cc1noc(C)c1S(=O)(=O)Nc1ccc(C#N)cn1. The summed E-state index contributed by atoms with van der Waals surface area (Å²) in [7, 11) is -3.80. The van der Waals surface area contributed by atoms with Gasteiger partial charge in [-0.15, -0.1) is 0 Å². The van der Waals surface area contributed by atoms with E-state index in [1.165, 1.54) is 32.2 Å². The predicted molar refractivity (Wildman–Crippen MR) is 65.7 cm³/mol. The first-order valence-corrected chi connectivity index (χ1v) is 6.74. The average molecular weight is 278 g/mol. The van der Waals surface area contributed by atoms with Crippen molar-refractivity contribution in [3.8, 4) is 6.07 Å². The number of rotatable bonds is 3. The number of hydrogen-bond donors (Lipinski definition) is 1. The molecule has 0 bridgehead atoms. The highest BCUT2D eigenvalue weighted by Crippen LogP contribution is 2.21. The van der Waals surface area contributed by atoms with E-state index < -0.39 is 10.0 Å². The second kappa shape index (κ2) is 4.70. The lowest BCUT2D eigenvalue weighted by Gasteiger charge is -2.06. The molecule has 0 aliphatic carbocycles. The minimum atomic E-state index is -3.80. The van der Waals surface area contributed by atoms with Gasteiger partial charge in [0.2, 0.25) is 0 Å². The lowest BCUT2D eigenvalue weighted by molar-refractivity contribution is 0.390. The summed E-state index contributed by atoms with van der Waals surface area (Å²) in [5, 5.41) is 12.2. The van der Waals surface area contributed by atoms with E-state index in [-0.39, 0.29) is 22.2 Å². The Hall–Kier alpha value is -2.40. The fourth-order valence-electron chi connectivity index (χ4n) is 1.57. The van der Waals surface area contributed by atoms with Gasteiger partial charge in [-0.2, -0.15) is 5.26 Å². The predicted octanol–water partition coefficient (Wildman–Crippen LogP) is 1.36. The first-order chi connectivity index (χ1) is 8.94. The van der Waals surface area contributed by atoms with Crippen LogP contribution in [0.3, 0.4) is 0 Å². The van der Waals surface area contributed by atoms with Gasteiger partial charge in [0.25, 0.3) is 10.0 Å². The molecule has 0 atom stereocenters. The monoisotopic (exact) mass is 278 g/mol. The fourth-order valence-corrected chi connectivity index (χ4v) is 2.91. The third-order valence-corrected chi connectivity index (χ3v) is 3.97. The molecular weight excluding hydrogens is 268 g/mol. The molecule has 0 aromatic carbocycles. The summed E-state index contributed by atoms with van der Waals surface area (Å²) in [6, 6.07) is 4.78. The van der Waals surface area contributed by atoms with Crippen LogP contribution in [0.2, 0.25) is 0 Å². The molecule has 2 rings (SSSR count). The third kappa shape index (κ3) is 2.56. The van der Waals surface area contributed by atoms with Crippen molar-refractivity contribution in [1.29, 1.82) is 5.26 Å². The van der Waals surface area contributed by atoms with E-state index in [2.05, 4.69) is 14.9 Å². The summed E-state index contributed by atoms with van der Waals surface area (Å²) in [4.78, 5) is 3.84.